The fourth-order valence-corrected chi connectivity index (χ4v) is 1.79. The van der Waals surface area contributed by atoms with Gasteiger partial charge in [0.15, 0.2) is 0 Å². The molecule has 0 bridgehead atoms. The molecule has 4 nitrogen and oxygen atoms in total. The number of carbonyl (C=O) groups is 1. The maximum absolute atomic E-state index is 10.8. The molecular formula is C11H12N2O2. The van der Waals surface area contributed by atoms with Crippen LogP contribution in [0.5, 0.6) is 0 Å². The summed E-state index contributed by atoms with van der Waals surface area (Å²) in [6, 6.07) is 3.10. The zero-order valence-corrected chi connectivity index (χ0v) is 8.59. The second kappa shape index (κ2) is 3.02. The van der Waals surface area contributed by atoms with E-state index in [9.17, 15) is 4.79 Å². The Balaban J connectivity index is 2.84. The standard InChI is InChI=1S/C11H12N2O2/c1-5-6(2)13-9-4-7(11(14)15)3-8(12)10(5)9/h3-4,13H,12H2,1-2H3,(H,14,15). The van der Waals surface area contributed by atoms with Gasteiger partial charge in [0.2, 0.25) is 0 Å². The number of hydrogen-bond acceptors (Lipinski definition) is 2. The molecule has 0 saturated carbocycles. The molecule has 0 saturated heterocycles. The van der Waals surface area contributed by atoms with Crippen LogP contribution < -0.4 is 5.73 Å². The second-order valence-corrected chi connectivity index (χ2v) is 3.67. The lowest BCUT2D eigenvalue weighted by molar-refractivity contribution is 0.0697. The molecule has 0 fully saturated rings. The topological polar surface area (TPSA) is 79.1 Å². The van der Waals surface area contributed by atoms with Crippen LogP contribution in [0.25, 0.3) is 10.9 Å². The van der Waals surface area contributed by atoms with Crippen molar-refractivity contribution in [2.45, 2.75) is 13.8 Å². The number of nitrogen functional groups attached to an aromatic ring is 1. The second-order valence-electron chi connectivity index (χ2n) is 3.67. The predicted molar refractivity (Wildman–Crippen MR) is 59.1 cm³/mol. The molecule has 4 N–H and O–H groups in total. The van der Waals surface area contributed by atoms with E-state index in [0.717, 1.165) is 22.2 Å². The van der Waals surface area contributed by atoms with Crippen LogP contribution in [0.1, 0.15) is 21.6 Å². The Labute approximate surface area is 86.7 Å². The van der Waals surface area contributed by atoms with Crippen molar-refractivity contribution in [3.63, 3.8) is 0 Å². The summed E-state index contributed by atoms with van der Waals surface area (Å²) in [5.74, 6) is -0.964. The lowest BCUT2D eigenvalue weighted by atomic mass is 10.1. The number of nitrogens with one attached hydrogen (secondary N) is 1. The molecule has 0 amide bonds. The maximum Gasteiger partial charge on any atom is 0.335 e. The van der Waals surface area contributed by atoms with Crippen LogP contribution in [-0.2, 0) is 0 Å². The van der Waals surface area contributed by atoms with E-state index in [2.05, 4.69) is 4.98 Å². The smallest absolute Gasteiger partial charge is 0.335 e. The number of hydrogen-bond donors (Lipinski definition) is 3. The van der Waals surface area contributed by atoms with Gasteiger partial charge in [0.1, 0.15) is 0 Å². The molecule has 0 spiro atoms. The summed E-state index contributed by atoms with van der Waals surface area (Å²) in [7, 11) is 0. The van der Waals surface area contributed by atoms with Gasteiger partial charge in [0, 0.05) is 22.3 Å². The number of H-pyrrole nitrogens is 1. The quantitative estimate of drug-likeness (QED) is 0.622. The molecule has 0 radical (unpaired) electrons. The van der Waals surface area contributed by atoms with E-state index in [4.69, 9.17) is 10.8 Å². The minimum absolute atomic E-state index is 0.209. The number of nitrogens with two attached hydrogens (primary N) is 1. The number of rotatable bonds is 1. The summed E-state index contributed by atoms with van der Waals surface area (Å²) in [5.41, 5.74) is 9.40. The van der Waals surface area contributed by atoms with Crippen molar-refractivity contribution in [3.8, 4) is 0 Å². The van der Waals surface area contributed by atoms with Gasteiger partial charge in [-0.3, -0.25) is 0 Å². The summed E-state index contributed by atoms with van der Waals surface area (Å²) >= 11 is 0. The Hall–Kier alpha value is -1.97. The van der Waals surface area contributed by atoms with Gasteiger partial charge in [-0.05, 0) is 31.5 Å². The number of carboxylic acids is 1. The van der Waals surface area contributed by atoms with Gasteiger partial charge in [-0.2, -0.15) is 0 Å². The molecule has 15 heavy (non-hydrogen) atoms. The van der Waals surface area contributed by atoms with Crippen LogP contribution in [0.15, 0.2) is 12.1 Å². The first kappa shape index (κ1) is 9.58. The minimum Gasteiger partial charge on any atom is -0.478 e. The van der Waals surface area contributed by atoms with Gasteiger partial charge in [0.25, 0.3) is 0 Å². The molecule has 0 aliphatic heterocycles. The van der Waals surface area contributed by atoms with Crippen molar-refractivity contribution in [1.29, 1.82) is 0 Å². The van der Waals surface area contributed by atoms with Crippen molar-refractivity contribution in [2.24, 2.45) is 0 Å². The number of aromatic carboxylic acids is 1. The summed E-state index contributed by atoms with van der Waals surface area (Å²) in [4.78, 5) is 13.9. The highest BCUT2D eigenvalue weighted by Crippen LogP contribution is 2.28. The molecule has 4 heteroatoms. The average Bonchev–Trinajstić information content (AvgIpc) is 2.42. The van der Waals surface area contributed by atoms with E-state index in [1.807, 2.05) is 13.8 Å². The zero-order chi connectivity index (χ0) is 11.2. The molecule has 1 heterocycles. The number of aromatic amines is 1. The number of aromatic nitrogens is 1. The van der Waals surface area contributed by atoms with Crippen LogP contribution in [0, 0.1) is 13.8 Å². The van der Waals surface area contributed by atoms with Crippen LogP contribution in [0.3, 0.4) is 0 Å². The molecule has 2 aromatic rings. The molecule has 1 aromatic heterocycles. The van der Waals surface area contributed by atoms with Gasteiger partial charge >= 0.3 is 5.97 Å². The molecule has 0 unspecified atom stereocenters. The minimum atomic E-state index is -0.964. The van der Waals surface area contributed by atoms with Gasteiger partial charge in [-0.1, -0.05) is 0 Å². The molecule has 1 aromatic carbocycles. The van der Waals surface area contributed by atoms with Gasteiger partial charge < -0.3 is 15.8 Å². The first-order valence-corrected chi connectivity index (χ1v) is 4.62. The largest absolute Gasteiger partial charge is 0.478 e. The van der Waals surface area contributed by atoms with Gasteiger partial charge in [-0.15, -0.1) is 0 Å². The molecule has 78 valence electrons. The van der Waals surface area contributed by atoms with Crippen LogP contribution in [-0.4, -0.2) is 16.1 Å². The molecule has 2 rings (SSSR count). The van der Waals surface area contributed by atoms with Gasteiger partial charge in [-0.25, -0.2) is 4.79 Å². The predicted octanol–water partition coefficient (Wildman–Crippen LogP) is 2.07. The summed E-state index contributed by atoms with van der Waals surface area (Å²) < 4.78 is 0. The summed E-state index contributed by atoms with van der Waals surface area (Å²) in [5, 5.41) is 9.79. The monoisotopic (exact) mass is 204 g/mol. The third-order valence-corrected chi connectivity index (χ3v) is 2.68. The fraction of sp³-hybridized carbons (Fsp3) is 0.182. The highest BCUT2D eigenvalue weighted by Gasteiger charge is 2.11. The third-order valence-electron chi connectivity index (χ3n) is 2.68. The third kappa shape index (κ3) is 1.34. The Bertz CT molecular complexity index is 555. The number of aryl methyl sites for hydroxylation is 2. The Morgan fingerprint density at radius 2 is 2.07 bits per heavy atom. The van der Waals surface area contributed by atoms with Crippen molar-refractivity contribution in [1.82, 2.24) is 4.98 Å². The highest BCUT2D eigenvalue weighted by atomic mass is 16.4. The summed E-state index contributed by atoms with van der Waals surface area (Å²) in [6.07, 6.45) is 0. The van der Waals surface area contributed by atoms with E-state index in [1.165, 1.54) is 6.07 Å². The SMILES string of the molecule is Cc1[nH]c2cc(C(=O)O)cc(N)c2c1C. The Morgan fingerprint density at radius 3 is 2.67 bits per heavy atom. The van der Waals surface area contributed by atoms with E-state index in [1.54, 1.807) is 6.07 Å². The van der Waals surface area contributed by atoms with E-state index in [-0.39, 0.29) is 5.56 Å². The first-order chi connectivity index (χ1) is 7.00. The van der Waals surface area contributed by atoms with E-state index < -0.39 is 5.97 Å². The van der Waals surface area contributed by atoms with Crippen LogP contribution >= 0.6 is 0 Å². The average molecular weight is 204 g/mol. The number of anilines is 1. The number of benzene rings is 1. The first-order valence-electron chi connectivity index (χ1n) is 4.62. The van der Waals surface area contributed by atoms with E-state index in [0.29, 0.717) is 5.69 Å². The summed E-state index contributed by atoms with van der Waals surface area (Å²) in [6.45, 7) is 3.90. The van der Waals surface area contributed by atoms with Gasteiger partial charge in [0.05, 0.1) is 5.56 Å². The van der Waals surface area contributed by atoms with Crippen molar-refractivity contribution < 1.29 is 9.90 Å². The van der Waals surface area contributed by atoms with Crippen molar-refractivity contribution in [2.75, 3.05) is 5.73 Å². The highest BCUT2D eigenvalue weighted by molar-refractivity contribution is 6.01. The fourth-order valence-electron chi connectivity index (χ4n) is 1.79. The van der Waals surface area contributed by atoms with Crippen LogP contribution in [0.4, 0.5) is 5.69 Å². The maximum atomic E-state index is 10.8. The Kier molecular flexibility index (Phi) is 1.93. The van der Waals surface area contributed by atoms with E-state index >= 15 is 0 Å². The zero-order valence-electron chi connectivity index (χ0n) is 8.59. The lowest BCUT2D eigenvalue weighted by Crippen LogP contribution is -1.98. The number of carboxylic acid groups (broad SMARTS) is 1. The van der Waals surface area contributed by atoms with Crippen LogP contribution in [0.2, 0.25) is 0 Å². The van der Waals surface area contributed by atoms with Crippen molar-refractivity contribution in [3.05, 3.63) is 29.0 Å². The Morgan fingerprint density at radius 1 is 1.40 bits per heavy atom. The molecular weight excluding hydrogens is 192 g/mol. The number of fused-ring (bicyclic) bond motifs is 1. The normalized spacial score (nSPS) is 10.8. The molecule has 0 aliphatic rings. The van der Waals surface area contributed by atoms with Crippen molar-refractivity contribution >= 4 is 22.6 Å². The lowest BCUT2D eigenvalue weighted by Gasteiger charge is -2.00. The molecule has 0 atom stereocenters. The molecule has 0 aliphatic carbocycles.